The van der Waals surface area contributed by atoms with Crippen LogP contribution in [0, 0.1) is 5.82 Å². The summed E-state index contributed by atoms with van der Waals surface area (Å²) >= 11 is 0. The lowest BCUT2D eigenvalue weighted by atomic mass is 10.2. The topological polar surface area (TPSA) is 62.6 Å². The minimum atomic E-state index is -3.50. The maximum absolute atomic E-state index is 12.9. The van der Waals surface area contributed by atoms with Crippen molar-refractivity contribution in [3.63, 3.8) is 0 Å². The summed E-state index contributed by atoms with van der Waals surface area (Å²) in [6, 6.07) is 9.08. The summed E-state index contributed by atoms with van der Waals surface area (Å²) in [7, 11) is -3.50. The summed E-state index contributed by atoms with van der Waals surface area (Å²) in [5.74, 6) is 0.218. The number of nitrogens with zero attached hydrogens (tertiary/aromatic N) is 1. The lowest BCUT2D eigenvalue weighted by Gasteiger charge is -2.25. The third kappa shape index (κ3) is 4.43. The van der Waals surface area contributed by atoms with Gasteiger partial charge in [-0.25, -0.2) is 17.5 Å². The van der Waals surface area contributed by atoms with E-state index in [0.717, 1.165) is 31.7 Å². The molecule has 1 N–H and O–H groups in total. The Balaban J connectivity index is 1.65. The predicted octanol–water partition coefficient (Wildman–Crippen LogP) is 2.68. The molecule has 24 heavy (non-hydrogen) atoms. The molecule has 1 atom stereocenters. The molecule has 1 aliphatic heterocycles. The maximum Gasteiger partial charge on any atom is 0.215 e. The van der Waals surface area contributed by atoms with Gasteiger partial charge in [-0.1, -0.05) is 12.1 Å². The van der Waals surface area contributed by atoms with Crippen molar-refractivity contribution in [1.82, 2.24) is 9.62 Å². The summed E-state index contributed by atoms with van der Waals surface area (Å²) in [5, 5.41) is 0. The zero-order valence-corrected chi connectivity index (χ0v) is 14.1. The molecule has 0 spiro atoms. The van der Waals surface area contributed by atoms with Gasteiger partial charge in [0.25, 0.3) is 0 Å². The summed E-state index contributed by atoms with van der Waals surface area (Å²) in [5.41, 5.74) is 0.555. The quantitative estimate of drug-likeness (QED) is 0.832. The number of halogens is 1. The van der Waals surface area contributed by atoms with Gasteiger partial charge in [0.2, 0.25) is 10.0 Å². The van der Waals surface area contributed by atoms with Gasteiger partial charge in [0.05, 0.1) is 18.1 Å². The van der Waals surface area contributed by atoms with Crippen molar-refractivity contribution >= 4 is 10.0 Å². The van der Waals surface area contributed by atoms with E-state index < -0.39 is 10.0 Å². The van der Waals surface area contributed by atoms with E-state index in [1.165, 1.54) is 24.3 Å². The molecule has 1 aliphatic rings. The van der Waals surface area contributed by atoms with Gasteiger partial charge >= 0.3 is 0 Å². The molecule has 0 aliphatic carbocycles. The smallest absolute Gasteiger partial charge is 0.215 e. The van der Waals surface area contributed by atoms with Gasteiger partial charge in [0.15, 0.2) is 0 Å². The zero-order valence-electron chi connectivity index (χ0n) is 13.3. The van der Waals surface area contributed by atoms with Gasteiger partial charge in [0.1, 0.15) is 11.6 Å². The molecule has 5 nitrogen and oxygen atoms in total. The van der Waals surface area contributed by atoms with Crippen molar-refractivity contribution < 1.29 is 17.2 Å². The lowest BCUT2D eigenvalue weighted by molar-refractivity contribution is 0.216. The summed E-state index contributed by atoms with van der Waals surface area (Å²) < 4.78 is 45.7. The molecule has 0 bridgehead atoms. The van der Waals surface area contributed by atoms with Crippen molar-refractivity contribution in [2.45, 2.75) is 24.6 Å². The maximum atomic E-state index is 12.9. The molecule has 0 amide bonds. The number of likely N-dealkylation sites (tertiary alicyclic amines) is 1. The third-order valence-corrected chi connectivity index (χ3v) is 5.54. The molecular formula is C17H21FN2O3S. The van der Waals surface area contributed by atoms with E-state index in [4.69, 9.17) is 4.42 Å². The van der Waals surface area contributed by atoms with Crippen LogP contribution in [0.4, 0.5) is 4.39 Å². The SMILES string of the molecule is O=S(=O)(Cc1ccc(F)cc1)NCC(c1ccco1)N1CCCC1. The molecule has 0 radical (unpaired) electrons. The first-order valence-corrected chi connectivity index (χ1v) is 9.68. The van der Waals surface area contributed by atoms with E-state index in [0.29, 0.717) is 5.56 Å². The Morgan fingerprint density at radius 2 is 1.88 bits per heavy atom. The van der Waals surface area contributed by atoms with Crippen LogP contribution in [-0.2, 0) is 15.8 Å². The van der Waals surface area contributed by atoms with E-state index in [-0.39, 0.29) is 24.2 Å². The average molecular weight is 352 g/mol. The number of nitrogens with one attached hydrogen (secondary N) is 1. The molecule has 1 unspecified atom stereocenters. The van der Waals surface area contributed by atoms with Gasteiger partial charge in [0, 0.05) is 6.54 Å². The van der Waals surface area contributed by atoms with Gasteiger partial charge in [-0.2, -0.15) is 0 Å². The molecule has 2 heterocycles. The second-order valence-corrected chi connectivity index (χ2v) is 7.82. The molecular weight excluding hydrogens is 331 g/mol. The fourth-order valence-electron chi connectivity index (χ4n) is 3.00. The van der Waals surface area contributed by atoms with Crippen LogP contribution in [0.3, 0.4) is 0 Å². The largest absolute Gasteiger partial charge is 0.468 e. The first-order chi connectivity index (χ1) is 11.5. The predicted molar refractivity (Wildman–Crippen MR) is 89.3 cm³/mol. The highest BCUT2D eigenvalue weighted by Crippen LogP contribution is 2.25. The fourth-order valence-corrected chi connectivity index (χ4v) is 4.15. The third-order valence-electron chi connectivity index (χ3n) is 4.22. The average Bonchev–Trinajstić information content (AvgIpc) is 3.23. The van der Waals surface area contributed by atoms with Gasteiger partial charge < -0.3 is 4.42 Å². The second-order valence-electron chi connectivity index (χ2n) is 6.01. The van der Waals surface area contributed by atoms with Crippen LogP contribution in [0.1, 0.15) is 30.2 Å². The first kappa shape index (κ1) is 17.1. The zero-order chi connectivity index (χ0) is 17.0. The van der Waals surface area contributed by atoms with Gasteiger partial charge in [-0.05, 0) is 55.8 Å². The molecule has 0 saturated carbocycles. The standard InChI is InChI=1S/C17H21FN2O3S/c18-15-7-5-14(6-8-15)13-24(21,22)19-12-16(17-4-3-11-23-17)20-9-1-2-10-20/h3-8,11,16,19H,1-2,9-10,12-13H2. The molecule has 130 valence electrons. The summed E-state index contributed by atoms with van der Waals surface area (Å²) in [6.07, 6.45) is 3.82. The number of rotatable bonds is 7. The van der Waals surface area contributed by atoms with Crippen molar-refractivity contribution in [3.8, 4) is 0 Å². The van der Waals surface area contributed by atoms with E-state index >= 15 is 0 Å². The number of hydrogen-bond donors (Lipinski definition) is 1. The highest BCUT2D eigenvalue weighted by atomic mass is 32.2. The second kappa shape index (κ2) is 7.46. The van der Waals surface area contributed by atoms with Crippen LogP contribution >= 0.6 is 0 Å². The summed E-state index contributed by atoms with van der Waals surface area (Å²) in [4.78, 5) is 2.24. The van der Waals surface area contributed by atoms with Crippen molar-refractivity contribution in [3.05, 3.63) is 59.8 Å². The minimum absolute atomic E-state index is 0.106. The fraction of sp³-hybridized carbons (Fsp3) is 0.412. The van der Waals surface area contributed by atoms with Crippen LogP contribution in [-0.4, -0.2) is 33.0 Å². The Labute approximate surface area is 141 Å². The van der Waals surface area contributed by atoms with E-state index in [9.17, 15) is 12.8 Å². The first-order valence-electron chi connectivity index (χ1n) is 8.03. The van der Waals surface area contributed by atoms with E-state index in [1.807, 2.05) is 12.1 Å². The number of furan rings is 1. The number of benzene rings is 1. The minimum Gasteiger partial charge on any atom is -0.468 e. The van der Waals surface area contributed by atoms with Crippen LogP contribution in [0.5, 0.6) is 0 Å². The Morgan fingerprint density at radius 3 is 2.50 bits per heavy atom. The van der Waals surface area contributed by atoms with Gasteiger partial charge in [-0.3, -0.25) is 4.90 Å². The molecule has 1 aromatic heterocycles. The Bertz CT molecular complexity index is 739. The van der Waals surface area contributed by atoms with Crippen molar-refractivity contribution in [2.75, 3.05) is 19.6 Å². The van der Waals surface area contributed by atoms with Crippen molar-refractivity contribution in [2.24, 2.45) is 0 Å². The lowest BCUT2D eigenvalue weighted by Crippen LogP contribution is -2.37. The highest BCUT2D eigenvalue weighted by Gasteiger charge is 2.27. The van der Waals surface area contributed by atoms with Crippen LogP contribution < -0.4 is 4.72 Å². The number of sulfonamides is 1. The molecule has 1 saturated heterocycles. The number of hydrogen-bond acceptors (Lipinski definition) is 4. The summed E-state index contributed by atoms with van der Waals surface area (Å²) in [6.45, 7) is 2.13. The van der Waals surface area contributed by atoms with Crippen LogP contribution in [0.25, 0.3) is 0 Å². The molecule has 7 heteroatoms. The van der Waals surface area contributed by atoms with Crippen LogP contribution in [0.15, 0.2) is 47.1 Å². The normalized spacial score (nSPS) is 17.2. The molecule has 1 aromatic carbocycles. The molecule has 2 aromatic rings. The van der Waals surface area contributed by atoms with E-state index in [2.05, 4.69) is 9.62 Å². The highest BCUT2D eigenvalue weighted by molar-refractivity contribution is 7.88. The molecule has 1 fully saturated rings. The Morgan fingerprint density at radius 1 is 1.17 bits per heavy atom. The molecule has 3 rings (SSSR count). The van der Waals surface area contributed by atoms with Crippen molar-refractivity contribution in [1.29, 1.82) is 0 Å². The van der Waals surface area contributed by atoms with Gasteiger partial charge in [-0.15, -0.1) is 0 Å². The van der Waals surface area contributed by atoms with E-state index in [1.54, 1.807) is 6.26 Å². The van der Waals surface area contributed by atoms with Crippen LogP contribution in [0.2, 0.25) is 0 Å². The Kier molecular flexibility index (Phi) is 5.33. The Hall–Kier alpha value is -1.70. The monoisotopic (exact) mass is 352 g/mol.